The van der Waals surface area contributed by atoms with Crippen molar-refractivity contribution in [2.24, 2.45) is 0 Å². The Morgan fingerprint density at radius 1 is 1.33 bits per heavy atom. The molecule has 2 aromatic heterocycles. The maximum atomic E-state index is 9.42. The summed E-state index contributed by atoms with van der Waals surface area (Å²) < 4.78 is 10.9. The van der Waals surface area contributed by atoms with Gasteiger partial charge in [-0.25, -0.2) is 4.98 Å². The number of pyridine rings is 1. The molecule has 6 heteroatoms. The van der Waals surface area contributed by atoms with Gasteiger partial charge in [0, 0.05) is 17.5 Å². The monoisotopic (exact) mass is 341 g/mol. The number of furan rings is 1. The summed E-state index contributed by atoms with van der Waals surface area (Å²) in [6.07, 6.45) is 0. The molecule has 122 valence electrons. The summed E-state index contributed by atoms with van der Waals surface area (Å²) in [5, 5.41) is 14.0. The zero-order valence-electron chi connectivity index (χ0n) is 13.3. The summed E-state index contributed by atoms with van der Waals surface area (Å²) in [7, 11) is 1.63. The number of nitrogens with zero attached hydrogens (tertiary/aromatic N) is 2. The molecule has 1 aromatic carbocycles. The topological polar surface area (TPSA) is 71.1 Å². The minimum atomic E-state index is -0.201. The third kappa shape index (κ3) is 3.35. The number of hydrogen-bond acceptors (Lipinski definition) is 5. The molecule has 3 aromatic rings. The summed E-state index contributed by atoms with van der Waals surface area (Å²) in [5.74, 6) is 2.16. The molecule has 0 aliphatic carbocycles. The van der Waals surface area contributed by atoms with Crippen LogP contribution in [0.4, 0.5) is 5.82 Å². The van der Waals surface area contributed by atoms with Crippen LogP contribution in [0.2, 0.25) is 5.02 Å². The quantitative estimate of drug-likeness (QED) is 0.741. The number of rotatable bonds is 5. The molecule has 24 heavy (non-hydrogen) atoms. The Hall–Kier alpha value is -2.55. The van der Waals surface area contributed by atoms with Crippen molar-refractivity contribution >= 4 is 28.3 Å². The van der Waals surface area contributed by atoms with Crippen molar-refractivity contribution in [2.75, 3.05) is 19.0 Å². The van der Waals surface area contributed by atoms with Crippen LogP contribution in [-0.2, 0) is 4.74 Å². The number of methoxy groups -OCH3 is 1. The summed E-state index contributed by atoms with van der Waals surface area (Å²) in [6, 6.07) is 12.8. The van der Waals surface area contributed by atoms with Gasteiger partial charge in [-0.05, 0) is 43.3 Å². The molecule has 1 unspecified atom stereocenters. The fourth-order valence-electron chi connectivity index (χ4n) is 2.55. The smallest absolute Gasteiger partial charge is 0.128 e. The van der Waals surface area contributed by atoms with E-state index < -0.39 is 0 Å². The molecular formula is C18H16ClN3O2. The Balaban J connectivity index is 1.99. The molecule has 0 bridgehead atoms. The van der Waals surface area contributed by atoms with E-state index in [4.69, 9.17) is 20.8 Å². The van der Waals surface area contributed by atoms with Crippen LogP contribution in [-0.4, -0.2) is 18.7 Å². The second kappa shape index (κ2) is 6.91. The lowest BCUT2D eigenvalue weighted by Gasteiger charge is -2.17. The van der Waals surface area contributed by atoms with Gasteiger partial charge in [0.2, 0.25) is 0 Å². The normalized spacial score (nSPS) is 12.1. The lowest BCUT2D eigenvalue weighted by Crippen LogP contribution is -2.16. The van der Waals surface area contributed by atoms with Crippen molar-refractivity contribution in [3.63, 3.8) is 0 Å². The number of halogens is 1. The van der Waals surface area contributed by atoms with Crippen LogP contribution in [0.25, 0.3) is 10.9 Å². The van der Waals surface area contributed by atoms with Crippen LogP contribution in [0.1, 0.15) is 23.1 Å². The van der Waals surface area contributed by atoms with Gasteiger partial charge in [0.25, 0.3) is 0 Å². The van der Waals surface area contributed by atoms with E-state index in [0.29, 0.717) is 28.5 Å². The van der Waals surface area contributed by atoms with Crippen LogP contribution < -0.4 is 5.32 Å². The molecule has 0 aliphatic heterocycles. The van der Waals surface area contributed by atoms with Crippen LogP contribution >= 0.6 is 11.6 Å². The Bertz CT molecular complexity index is 914. The summed E-state index contributed by atoms with van der Waals surface area (Å²) in [6.45, 7) is 2.30. The molecule has 2 heterocycles. The molecule has 3 rings (SSSR count). The third-order valence-corrected chi connectivity index (χ3v) is 3.89. The number of nitrogens with one attached hydrogen (secondary N) is 1. The van der Waals surface area contributed by atoms with Gasteiger partial charge in [-0.3, -0.25) is 0 Å². The zero-order valence-corrected chi connectivity index (χ0v) is 14.1. The van der Waals surface area contributed by atoms with E-state index in [-0.39, 0.29) is 6.04 Å². The van der Waals surface area contributed by atoms with Crippen LogP contribution in [0.5, 0.6) is 0 Å². The predicted molar refractivity (Wildman–Crippen MR) is 93.2 cm³/mol. The van der Waals surface area contributed by atoms with Gasteiger partial charge in [0.15, 0.2) is 0 Å². The van der Waals surface area contributed by atoms with Crippen molar-refractivity contribution in [2.45, 2.75) is 13.0 Å². The predicted octanol–water partition coefficient (Wildman–Crippen LogP) is 4.46. The highest BCUT2D eigenvalue weighted by Crippen LogP contribution is 2.26. The van der Waals surface area contributed by atoms with Gasteiger partial charge >= 0.3 is 0 Å². The molecule has 0 spiro atoms. The first kappa shape index (κ1) is 16.3. The average molecular weight is 342 g/mol. The first-order chi connectivity index (χ1) is 11.6. The first-order valence-electron chi connectivity index (χ1n) is 7.43. The largest absolute Gasteiger partial charge is 0.464 e. The third-order valence-electron chi connectivity index (χ3n) is 3.65. The molecule has 0 aliphatic rings. The van der Waals surface area contributed by atoms with Gasteiger partial charge in [0.05, 0.1) is 23.8 Å². The van der Waals surface area contributed by atoms with Gasteiger partial charge in [-0.2, -0.15) is 5.26 Å². The van der Waals surface area contributed by atoms with E-state index in [1.54, 1.807) is 31.4 Å². The summed E-state index contributed by atoms with van der Waals surface area (Å²) >= 11 is 6.01. The Morgan fingerprint density at radius 2 is 2.17 bits per heavy atom. The molecule has 0 radical (unpaired) electrons. The zero-order chi connectivity index (χ0) is 17.1. The number of benzene rings is 1. The van der Waals surface area contributed by atoms with Crippen molar-refractivity contribution in [1.82, 2.24) is 4.98 Å². The summed E-state index contributed by atoms with van der Waals surface area (Å²) in [5.41, 5.74) is 1.21. The van der Waals surface area contributed by atoms with E-state index in [9.17, 15) is 5.26 Å². The number of aryl methyl sites for hydroxylation is 1. The maximum Gasteiger partial charge on any atom is 0.128 e. The Labute approximate surface area is 144 Å². The maximum absolute atomic E-state index is 9.42. The standard InChI is InChI=1S/C18H16ClN3O2/c1-11-3-6-17(24-11)16(10-23-2)22-18-7-12(9-20)14-8-13(19)4-5-15(14)21-18/h3-8,16H,10H2,1-2H3,(H,21,22). The molecule has 1 N–H and O–H groups in total. The lowest BCUT2D eigenvalue weighted by molar-refractivity contribution is 0.178. The van der Waals surface area contributed by atoms with Gasteiger partial charge in [0.1, 0.15) is 23.4 Å². The minimum absolute atomic E-state index is 0.201. The van der Waals surface area contributed by atoms with Crippen molar-refractivity contribution in [3.8, 4) is 6.07 Å². The number of nitriles is 1. The molecule has 0 saturated heterocycles. The van der Waals surface area contributed by atoms with E-state index in [0.717, 1.165) is 16.9 Å². The van der Waals surface area contributed by atoms with Crippen LogP contribution in [0.3, 0.4) is 0 Å². The van der Waals surface area contributed by atoms with Crippen LogP contribution in [0, 0.1) is 18.3 Å². The number of anilines is 1. The first-order valence-corrected chi connectivity index (χ1v) is 7.80. The second-order valence-corrected chi connectivity index (χ2v) is 5.87. The molecule has 0 saturated carbocycles. The van der Waals surface area contributed by atoms with Crippen molar-refractivity contribution in [1.29, 1.82) is 5.26 Å². The van der Waals surface area contributed by atoms with E-state index >= 15 is 0 Å². The minimum Gasteiger partial charge on any atom is -0.464 e. The second-order valence-electron chi connectivity index (χ2n) is 5.43. The fourth-order valence-corrected chi connectivity index (χ4v) is 2.72. The van der Waals surface area contributed by atoms with Gasteiger partial charge in [-0.1, -0.05) is 11.6 Å². The molecule has 5 nitrogen and oxygen atoms in total. The highest BCUT2D eigenvalue weighted by Gasteiger charge is 2.17. The van der Waals surface area contributed by atoms with Crippen molar-refractivity contribution in [3.05, 3.63) is 58.5 Å². The Morgan fingerprint density at radius 3 is 2.83 bits per heavy atom. The van der Waals surface area contributed by atoms with E-state index in [1.165, 1.54) is 0 Å². The lowest BCUT2D eigenvalue weighted by atomic mass is 10.1. The molecule has 0 fully saturated rings. The highest BCUT2D eigenvalue weighted by molar-refractivity contribution is 6.31. The molecular weight excluding hydrogens is 326 g/mol. The fraction of sp³-hybridized carbons (Fsp3) is 0.222. The SMILES string of the molecule is COCC(Nc1cc(C#N)c2cc(Cl)ccc2n1)c1ccc(C)o1. The van der Waals surface area contributed by atoms with Gasteiger partial charge < -0.3 is 14.5 Å². The van der Waals surface area contributed by atoms with E-state index in [1.807, 2.05) is 19.1 Å². The average Bonchev–Trinajstić information content (AvgIpc) is 3.00. The van der Waals surface area contributed by atoms with Crippen molar-refractivity contribution < 1.29 is 9.15 Å². The highest BCUT2D eigenvalue weighted by atomic mass is 35.5. The van der Waals surface area contributed by atoms with Crippen LogP contribution in [0.15, 0.2) is 40.8 Å². The molecule has 1 atom stereocenters. The Kier molecular flexibility index (Phi) is 4.70. The number of fused-ring (bicyclic) bond motifs is 1. The molecule has 0 amide bonds. The number of aromatic nitrogens is 1. The van der Waals surface area contributed by atoms with E-state index in [2.05, 4.69) is 16.4 Å². The number of ether oxygens (including phenoxy) is 1. The van der Waals surface area contributed by atoms with Gasteiger partial charge in [-0.15, -0.1) is 0 Å². The number of hydrogen-bond donors (Lipinski definition) is 1. The summed E-state index contributed by atoms with van der Waals surface area (Å²) in [4.78, 5) is 4.56.